The molecule has 1 aromatic heterocycles. The second-order valence-corrected chi connectivity index (χ2v) is 6.81. The first-order valence-corrected chi connectivity index (χ1v) is 8.87. The van der Waals surface area contributed by atoms with Gasteiger partial charge in [0.25, 0.3) is 0 Å². The fourth-order valence-corrected chi connectivity index (χ4v) is 3.07. The molecule has 0 aliphatic carbocycles. The van der Waals surface area contributed by atoms with Crippen LogP contribution in [0.4, 0.5) is 5.69 Å². The first-order valence-electron chi connectivity index (χ1n) is 7.88. The number of hydrogen-bond donors (Lipinski definition) is 1. The van der Waals surface area contributed by atoms with Crippen LogP contribution in [0.3, 0.4) is 0 Å². The minimum absolute atomic E-state index is 0.0857. The fourth-order valence-electron chi connectivity index (χ4n) is 2.38. The largest absolute Gasteiger partial charge is 0.325 e. The fraction of sp³-hybridized carbons (Fsp3) is 0.222. The van der Waals surface area contributed by atoms with Gasteiger partial charge in [-0.25, -0.2) is 0 Å². The maximum absolute atomic E-state index is 12.3. The Hall–Kier alpha value is -2.67. The molecule has 0 atom stereocenters. The lowest BCUT2D eigenvalue weighted by molar-refractivity contribution is -0.113. The topological polar surface area (TPSA) is 72.7 Å². The standard InChI is InChI=1S/C18H19N5OS/c1-12-5-4-6-15(9-12)23-18(20-21-22-23)25-11-17(24)19-16-10-13(2)7-8-14(16)3/h4-10H,11H2,1-3H3,(H,19,24). The van der Waals surface area contributed by atoms with Gasteiger partial charge >= 0.3 is 0 Å². The van der Waals surface area contributed by atoms with Gasteiger partial charge in [-0.2, -0.15) is 4.68 Å². The Balaban J connectivity index is 1.67. The van der Waals surface area contributed by atoms with E-state index in [-0.39, 0.29) is 11.7 Å². The van der Waals surface area contributed by atoms with Crippen molar-refractivity contribution in [1.29, 1.82) is 0 Å². The molecule has 0 fully saturated rings. The number of rotatable bonds is 5. The van der Waals surface area contributed by atoms with E-state index in [0.29, 0.717) is 5.16 Å². The number of nitrogens with one attached hydrogen (secondary N) is 1. The summed E-state index contributed by atoms with van der Waals surface area (Å²) in [5.74, 6) is 0.150. The highest BCUT2D eigenvalue weighted by Gasteiger charge is 2.12. The molecular formula is C18H19N5OS. The van der Waals surface area contributed by atoms with E-state index in [9.17, 15) is 4.79 Å². The van der Waals surface area contributed by atoms with Crippen molar-refractivity contribution in [3.05, 3.63) is 59.2 Å². The van der Waals surface area contributed by atoms with Crippen LogP contribution in [0.5, 0.6) is 0 Å². The molecule has 0 radical (unpaired) electrons. The van der Waals surface area contributed by atoms with Gasteiger partial charge < -0.3 is 5.32 Å². The van der Waals surface area contributed by atoms with Crippen molar-refractivity contribution in [1.82, 2.24) is 20.2 Å². The zero-order valence-corrected chi connectivity index (χ0v) is 15.2. The number of carbonyl (C=O) groups is 1. The molecule has 7 heteroatoms. The van der Waals surface area contributed by atoms with Crippen molar-refractivity contribution in [3.63, 3.8) is 0 Å². The molecule has 0 saturated carbocycles. The molecular weight excluding hydrogens is 334 g/mol. The number of tetrazole rings is 1. The molecule has 1 N–H and O–H groups in total. The van der Waals surface area contributed by atoms with E-state index in [1.54, 1.807) is 4.68 Å². The van der Waals surface area contributed by atoms with Crippen LogP contribution in [0.15, 0.2) is 47.6 Å². The van der Waals surface area contributed by atoms with Crippen LogP contribution in [0.25, 0.3) is 5.69 Å². The molecule has 2 aromatic carbocycles. The summed E-state index contributed by atoms with van der Waals surface area (Å²) in [5, 5.41) is 15.3. The lowest BCUT2D eigenvalue weighted by atomic mass is 10.1. The molecule has 1 amide bonds. The molecule has 1 heterocycles. The Morgan fingerprint density at radius 1 is 1.12 bits per heavy atom. The third-order valence-electron chi connectivity index (χ3n) is 3.69. The number of benzene rings is 2. The highest BCUT2D eigenvalue weighted by molar-refractivity contribution is 7.99. The quantitative estimate of drug-likeness (QED) is 0.713. The zero-order valence-electron chi connectivity index (χ0n) is 14.4. The first kappa shape index (κ1) is 17.2. The van der Waals surface area contributed by atoms with Gasteiger partial charge in [-0.1, -0.05) is 36.0 Å². The number of hydrogen-bond acceptors (Lipinski definition) is 5. The minimum Gasteiger partial charge on any atom is -0.325 e. The van der Waals surface area contributed by atoms with E-state index >= 15 is 0 Å². The highest BCUT2D eigenvalue weighted by atomic mass is 32.2. The summed E-state index contributed by atoms with van der Waals surface area (Å²) < 4.78 is 1.64. The predicted octanol–water partition coefficient (Wildman–Crippen LogP) is 3.32. The molecule has 0 unspecified atom stereocenters. The molecule has 0 bridgehead atoms. The van der Waals surface area contributed by atoms with E-state index in [2.05, 4.69) is 20.8 Å². The van der Waals surface area contributed by atoms with Crippen molar-refractivity contribution in [3.8, 4) is 5.69 Å². The number of aryl methyl sites for hydroxylation is 3. The molecule has 3 aromatic rings. The Labute approximate surface area is 150 Å². The molecule has 0 aliphatic heterocycles. The second kappa shape index (κ2) is 7.48. The van der Waals surface area contributed by atoms with Crippen molar-refractivity contribution >= 4 is 23.4 Å². The van der Waals surface area contributed by atoms with Crippen molar-refractivity contribution < 1.29 is 4.79 Å². The smallest absolute Gasteiger partial charge is 0.234 e. The summed E-state index contributed by atoms with van der Waals surface area (Å²) in [6.45, 7) is 5.98. The van der Waals surface area contributed by atoms with Gasteiger partial charge in [-0.3, -0.25) is 4.79 Å². The van der Waals surface area contributed by atoms with Crippen LogP contribution in [-0.4, -0.2) is 31.9 Å². The highest BCUT2D eigenvalue weighted by Crippen LogP contribution is 2.20. The Kier molecular flexibility index (Phi) is 5.14. The van der Waals surface area contributed by atoms with Gasteiger partial charge in [0.05, 0.1) is 11.4 Å². The number of aromatic nitrogens is 4. The van der Waals surface area contributed by atoms with Gasteiger partial charge in [0.2, 0.25) is 11.1 Å². The number of carbonyl (C=O) groups excluding carboxylic acids is 1. The summed E-state index contributed by atoms with van der Waals surface area (Å²) in [7, 11) is 0. The lowest BCUT2D eigenvalue weighted by Gasteiger charge is -2.09. The van der Waals surface area contributed by atoms with Crippen molar-refractivity contribution in [2.75, 3.05) is 11.1 Å². The SMILES string of the molecule is Cc1cccc(-n2nnnc2SCC(=O)Nc2cc(C)ccc2C)c1. The van der Waals surface area contributed by atoms with E-state index in [0.717, 1.165) is 28.1 Å². The molecule has 128 valence electrons. The number of thioether (sulfide) groups is 1. The van der Waals surface area contributed by atoms with Gasteiger partial charge in [-0.15, -0.1) is 5.10 Å². The van der Waals surface area contributed by atoms with Crippen molar-refractivity contribution in [2.45, 2.75) is 25.9 Å². The van der Waals surface area contributed by atoms with Crippen molar-refractivity contribution in [2.24, 2.45) is 0 Å². The maximum Gasteiger partial charge on any atom is 0.234 e. The van der Waals surface area contributed by atoms with Crippen LogP contribution in [0, 0.1) is 20.8 Å². The van der Waals surface area contributed by atoms with Crippen LogP contribution < -0.4 is 5.32 Å². The Morgan fingerprint density at radius 2 is 1.92 bits per heavy atom. The molecule has 0 saturated heterocycles. The molecule has 0 spiro atoms. The first-order chi connectivity index (χ1) is 12.0. The Bertz CT molecular complexity index is 906. The summed E-state index contributed by atoms with van der Waals surface area (Å²) in [5.41, 5.74) is 4.98. The van der Waals surface area contributed by atoms with E-state index in [4.69, 9.17) is 0 Å². The summed E-state index contributed by atoms with van der Waals surface area (Å²) in [6.07, 6.45) is 0. The molecule has 0 aliphatic rings. The third kappa shape index (κ3) is 4.24. The van der Waals surface area contributed by atoms with E-state index in [1.165, 1.54) is 11.8 Å². The molecule has 3 rings (SSSR count). The van der Waals surface area contributed by atoms with Crippen LogP contribution >= 0.6 is 11.8 Å². The van der Waals surface area contributed by atoms with Crippen LogP contribution in [0.2, 0.25) is 0 Å². The van der Waals surface area contributed by atoms with Gasteiger partial charge in [0, 0.05) is 5.69 Å². The summed E-state index contributed by atoms with van der Waals surface area (Å²) in [6, 6.07) is 13.9. The summed E-state index contributed by atoms with van der Waals surface area (Å²) in [4.78, 5) is 12.3. The third-order valence-corrected chi connectivity index (χ3v) is 4.61. The van der Waals surface area contributed by atoms with Gasteiger partial charge in [0.15, 0.2) is 0 Å². The second-order valence-electron chi connectivity index (χ2n) is 5.87. The maximum atomic E-state index is 12.3. The van der Waals surface area contributed by atoms with E-state index < -0.39 is 0 Å². The number of anilines is 1. The zero-order chi connectivity index (χ0) is 17.8. The summed E-state index contributed by atoms with van der Waals surface area (Å²) >= 11 is 1.31. The monoisotopic (exact) mass is 353 g/mol. The number of amides is 1. The number of nitrogens with zero attached hydrogens (tertiary/aromatic N) is 4. The lowest BCUT2D eigenvalue weighted by Crippen LogP contribution is -2.15. The minimum atomic E-state index is -0.0857. The van der Waals surface area contributed by atoms with Gasteiger partial charge in [0.1, 0.15) is 0 Å². The molecule has 25 heavy (non-hydrogen) atoms. The van der Waals surface area contributed by atoms with Crippen LogP contribution in [0.1, 0.15) is 16.7 Å². The Morgan fingerprint density at radius 3 is 2.72 bits per heavy atom. The normalized spacial score (nSPS) is 10.7. The van der Waals surface area contributed by atoms with Gasteiger partial charge in [-0.05, 0) is 66.1 Å². The van der Waals surface area contributed by atoms with E-state index in [1.807, 2.05) is 63.2 Å². The average molecular weight is 353 g/mol. The van der Waals surface area contributed by atoms with Crippen LogP contribution in [-0.2, 0) is 4.79 Å². The molecule has 6 nitrogen and oxygen atoms in total. The predicted molar refractivity (Wildman–Crippen MR) is 99.2 cm³/mol. The average Bonchev–Trinajstić information content (AvgIpc) is 3.05.